The molecule has 0 aliphatic rings. The van der Waals surface area contributed by atoms with Crippen LogP contribution in [0.3, 0.4) is 0 Å². The van der Waals surface area contributed by atoms with Crippen molar-refractivity contribution in [1.29, 1.82) is 0 Å². The second-order valence-electron chi connectivity index (χ2n) is 7.12. The molecule has 5 nitrogen and oxygen atoms in total. The van der Waals surface area contributed by atoms with E-state index in [2.05, 4.69) is 4.99 Å². The maximum Gasteiger partial charge on any atom is 0.308 e. The van der Waals surface area contributed by atoms with E-state index in [-0.39, 0.29) is 5.97 Å². The average Bonchev–Trinajstić information content (AvgIpc) is 2.75. The lowest BCUT2D eigenvalue weighted by Crippen LogP contribution is -2.05. The SMILES string of the molecule is CC(=O)Oc1ccc2ccccc2c1C=NCc1c(OC(C)=O)ccc2ccccc12. The van der Waals surface area contributed by atoms with Gasteiger partial charge in [-0.3, -0.25) is 14.6 Å². The third-order valence-corrected chi connectivity index (χ3v) is 4.91. The van der Waals surface area contributed by atoms with Crippen LogP contribution in [-0.2, 0) is 16.1 Å². The number of benzene rings is 4. The Morgan fingerprint density at radius 1 is 0.742 bits per heavy atom. The van der Waals surface area contributed by atoms with Crippen LogP contribution in [0.1, 0.15) is 25.0 Å². The van der Waals surface area contributed by atoms with Crippen LogP contribution in [0.2, 0.25) is 0 Å². The standard InChI is InChI=1S/C26H21NO4/c1-17(28)30-25-13-11-19-7-3-5-9-21(19)23(25)15-27-16-24-22-10-6-4-8-20(22)12-14-26(24)31-18(2)29/h3-15H,16H2,1-2H3. The molecule has 0 aliphatic heterocycles. The van der Waals surface area contributed by atoms with Gasteiger partial charge in [-0.15, -0.1) is 0 Å². The Morgan fingerprint density at radius 3 is 1.97 bits per heavy atom. The van der Waals surface area contributed by atoms with Crippen molar-refractivity contribution in [2.24, 2.45) is 4.99 Å². The molecule has 5 heteroatoms. The van der Waals surface area contributed by atoms with Crippen LogP contribution in [-0.4, -0.2) is 18.2 Å². The predicted molar refractivity (Wildman–Crippen MR) is 122 cm³/mol. The van der Waals surface area contributed by atoms with Gasteiger partial charge in [-0.1, -0.05) is 60.7 Å². The molecule has 0 amide bonds. The van der Waals surface area contributed by atoms with E-state index in [4.69, 9.17) is 9.47 Å². The van der Waals surface area contributed by atoms with Crippen molar-refractivity contribution < 1.29 is 19.1 Å². The molecule has 0 spiro atoms. The number of hydrogen-bond acceptors (Lipinski definition) is 5. The van der Waals surface area contributed by atoms with Crippen LogP contribution >= 0.6 is 0 Å². The van der Waals surface area contributed by atoms with E-state index in [1.165, 1.54) is 13.8 Å². The maximum absolute atomic E-state index is 11.6. The van der Waals surface area contributed by atoms with Crippen molar-refractivity contribution in [2.75, 3.05) is 0 Å². The molecule has 4 aromatic rings. The fourth-order valence-electron chi connectivity index (χ4n) is 3.61. The van der Waals surface area contributed by atoms with Crippen LogP contribution in [0.15, 0.2) is 77.8 Å². The fraction of sp³-hybridized carbons (Fsp3) is 0.115. The molecule has 4 aromatic carbocycles. The smallest absolute Gasteiger partial charge is 0.308 e. The van der Waals surface area contributed by atoms with Crippen LogP contribution in [0.25, 0.3) is 21.5 Å². The zero-order valence-electron chi connectivity index (χ0n) is 17.3. The maximum atomic E-state index is 11.6. The van der Waals surface area contributed by atoms with Crippen LogP contribution in [0, 0.1) is 0 Å². The van der Waals surface area contributed by atoms with Gasteiger partial charge in [0.05, 0.1) is 6.54 Å². The van der Waals surface area contributed by atoms with E-state index in [1.54, 1.807) is 18.3 Å². The number of hydrogen-bond donors (Lipinski definition) is 0. The molecule has 0 radical (unpaired) electrons. The summed E-state index contributed by atoms with van der Waals surface area (Å²) in [5.41, 5.74) is 1.54. The number of rotatable bonds is 5. The first-order valence-electron chi connectivity index (χ1n) is 9.92. The Labute approximate surface area is 179 Å². The van der Waals surface area contributed by atoms with Crippen molar-refractivity contribution in [3.05, 3.63) is 83.9 Å². The number of carbonyl (C=O) groups is 2. The third-order valence-electron chi connectivity index (χ3n) is 4.91. The molecular formula is C26H21NO4. The van der Waals surface area contributed by atoms with E-state index in [0.717, 1.165) is 32.7 Å². The third kappa shape index (κ3) is 4.46. The van der Waals surface area contributed by atoms with Crippen LogP contribution < -0.4 is 9.47 Å². The minimum Gasteiger partial charge on any atom is -0.426 e. The highest BCUT2D eigenvalue weighted by Crippen LogP contribution is 2.30. The van der Waals surface area contributed by atoms with Crippen molar-refractivity contribution in [1.82, 2.24) is 0 Å². The van der Waals surface area contributed by atoms with Gasteiger partial charge < -0.3 is 9.47 Å². The summed E-state index contributed by atoms with van der Waals surface area (Å²) < 4.78 is 10.8. The molecule has 0 fully saturated rings. The average molecular weight is 411 g/mol. The number of aliphatic imine (C=N–C) groups is 1. The fourth-order valence-corrected chi connectivity index (χ4v) is 3.61. The molecule has 154 valence electrons. The number of ether oxygens (including phenoxy) is 2. The van der Waals surface area contributed by atoms with E-state index in [0.29, 0.717) is 18.0 Å². The molecule has 0 unspecified atom stereocenters. The van der Waals surface area contributed by atoms with E-state index in [9.17, 15) is 9.59 Å². The largest absolute Gasteiger partial charge is 0.426 e. The Bertz CT molecular complexity index is 1320. The summed E-state index contributed by atoms with van der Waals surface area (Å²) in [7, 11) is 0. The summed E-state index contributed by atoms with van der Waals surface area (Å²) in [6.07, 6.45) is 1.71. The second kappa shape index (κ2) is 8.79. The lowest BCUT2D eigenvalue weighted by molar-refractivity contribution is -0.132. The first-order valence-corrected chi connectivity index (χ1v) is 9.92. The molecule has 0 atom stereocenters. The van der Waals surface area contributed by atoms with Gasteiger partial charge in [-0.25, -0.2) is 0 Å². The highest BCUT2D eigenvalue weighted by atomic mass is 16.5. The molecule has 0 aromatic heterocycles. The Morgan fingerprint density at radius 2 is 1.29 bits per heavy atom. The molecule has 0 heterocycles. The van der Waals surface area contributed by atoms with Crippen molar-refractivity contribution in [3.63, 3.8) is 0 Å². The van der Waals surface area contributed by atoms with Gasteiger partial charge in [0, 0.05) is 31.2 Å². The number of nitrogens with zero attached hydrogens (tertiary/aromatic N) is 1. The second-order valence-corrected chi connectivity index (χ2v) is 7.12. The molecule has 0 saturated carbocycles. The van der Waals surface area contributed by atoms with Gasteiger partial charge in [0.1, 0.15) is 11.5 Å². The van der Waals surface area contributed by atoms with Crippen molar-refractivity contribution in [2.45, 2.75) is 20.4 Å². The first kappa shape index (κ1) is 20.3. The Kier molecular flexibility index (Phi) is 5.76. The number of carbonyl (C=O) groups excluding carboxylic acids is 2. The zero-order chi connectivity index (χ0) is 21.8. The van der Waals surface area contributed by atoms with Crippen molar-refractivity contribution >= 4 is 39.7 Å². The predicted octanol–water partition coefficient (Wildman–Crippen LogP) is 5.46. The summed E-state index contributed by atoms with van der Waals surface area (Å²) in [4.78, 5) is 27.8. The summed E-state index contributed by atoms with van der Waals surface area (Å²) >= 11 is 0. The molecular weight excluding hydrogens is 390 g/mol. The molecule has 0 bridgehead atoms. The normalized spacial score (nSPS) is 11.2. The van der Waals surface area contributed by atoms with Crippen LogP contribution in [0.5, 0.6) is 11.5 Å². The first-order chi connectivity index (χ1) is 15.0. The summed E-state index contributed by atoms with van der Waals surface area (Å²) in [5.74, 6) is 0.164. The number of fused-ring (bicyclic) bond motifs is 2. The highest BCUT2D eigenvalue weighted by Gasteiger charge is 2.12. The summed E-state index contributed by atoms with van der Waals surface area (Å²) in [6, 6.07) is 23.1. The van der Waals surface area contributed by atoms with Gasteiger partial charge in [-0.2, -0.15) is 0 Å². The lowest BCUT2D eigenvalue weighted by Gasteiger charge is -2.11. The molecule has 0 aliphatic carbocycles. The van der Waals surface area contributed by atoms with E-state index in [1.807, 2.05) is 60.7 Å². The van der Waals surface area contributed by atoms with E-state index < -0.39 is 5.97 Å². The van der Waals surface area contributed by atoms with Gasteiger partial charge in [0.2, 0.25) is 0 Å². The minimum absolute atomic E-state index is 0.298. The van der Waals surface area contributed by atoms with Gasteiger partial charge in [-0.05, 0) is 33.7 Å². The quantitative estimate of drug-likeness (QED) is 0.248. The topological polar surface area (TPSA) is 65.0 Å². The molecule has 0 N–H and O–H groups in total. The highest BCUT2D eigenvalue weighted by molar-refractivity contribution is 6.03. The van der Waals surface area contributed by atoms with Crippen molar-refractivity contribution in [3.8, 4) is 11.5 Å². The number of esters is 2. The molecule has 0 saturated heterocycles. The van der Waals surface area contributed by atoms with Gasteiger partial charge in [0.15, 0.2) is 0 Å². The molecule has 4 rings (SSSR count). The molecule has 31 heavy (non-hydrogen) atoms. The Balaban J connectivity index is 1.77. The minimum atomic E-state index is -0.392. The van der Waals surface area contributed by atoms with E-state index >= 15 is 0 Å². The summed E-state index contributed by atoms with van der Waals surface area (Å²) in [5, 5.41) is 3.96. The Hall–Kier alpha value is -3.99. The summed E-state index contributed by atoms with van der Waals surface area (Å²) in [6.45, 7) is 3.05. The monoisotopic (exact) mass is 411 g/mol. The van der Waals surface area contributed by atoms with Gasteiger partial charge in [0.25, 0.3) is 0 Å². The van der Waals surface area contributed by atoms with Gasteiger partial charge >= 0.3 is 11.9 Å². The lowest BCUT2D eigenvalue weighted by atomic mass is 10.0. The van der Waals surface area contributed by atoms with Crippen LogP contribution in [0.4, 0.5) is 0 Å². The zero-order valence-corrected chi connectivity index (χ0v) is 17.3.